The van der Waals surface area contributed by atoms with E-state index in [-0.39, 0.29) is 16.7 Å². The minimum atomic E-state index is -0.312. The first-order valence-electron chi connectivity index (χ1n) is 8.18. The Morgan fingerprint density at radius 3 is 2.76 bits per heavy atom. The van der Waals surface area contributed by atoms with Gasteiger partial charge in [0.25, 0.3) is 5.69 Å². The summed E-state index contributed by atoms with van der Waals surface area (Å²) >= 11 is 0. The summed E-state index contributed by atoms with van der Waals surface area (Å²) in [7, 11) is 0. The van der Waals surface area contributed by atoms with Crippen LogP contribution in [0.15, 0.2) is 24.3 Å². The molecule has 0 aromatic heterocycles. The topological polar surface area (TPSA) is 55.2 Å². The molecule has 2 rings (SSSR count). The summed E-state index contributed by atoms with van der Waals surface area (Å²) < 4.78 is 0. The van der Waals surface area contributed by atoms with Gasteiger partial charge >= 0.3 is 0 Å². The third-order valence-corrected chi connectivity index (χ3v) is 4.44. The van der Waals surface area contributed by atoms with Gasteiger partial charge in [0, 0.05) is 18.2 Å². The predicted molar refractivity (Wildman–Crippen MR) is 85.3 cm³/mol. The van der Waals surface area contributed by atoms with Gasteiger partial charge in [-0.1, -0.05) is 44.7 Å². The summed E-state index contributed by atoms with van der Waals surface area (Å²) in [6, 6.07) is 7.30. The molecule has 0 heterocycles. The second-order valence-electron chi connectivity index (χ2n) is 6.11. The molecule has 0 radical (unpaired) electrons. The first-order chi connectivity index (χ1) is 10.2. The van der Waals surface area contributed by atoms with Crippen molar-refractivity contribution >= 4 is 5.69 Å². The Morgan fingerprint density at radius 1 is 1.33 bits per heavy atom. The van der Waals surface area contributed by atoms with Crippen LogP contribution < -0.4 is 5.32 Å². The van der Waals surface area contributed by atoms with Crippen molar-refractivity contribution in [1.82, 2.24) is 5.32 Å². The van der Waals surface area contributed by atoms with E-state index >= 15 is 0 Å². The lowest BCUT2D eigenvalue weighted by atomic mass is 9.89. The van der Waals surface area contributed by atoms with Crippen molar-refractivity contribution in [2.45, 2.75) is 57.9 Å². The Hall–Kier alpha value is -1.42. The van der Waals surface area contributed by atoms with Crippen LogP contribution in [0.4, 0.5) is 5.69 Å². The molecule has 0 amide bonds. The zero-order chi connectivity index (χ0) is 15.1. The fourth-order valence-corrected chi connectivity index (χ4v) is 3.23. The summed E-state index contributed by atoms with van der Waals surface area (Å²) in [5, 5.41) is 14.6. The summed E-state index contributed by atoms with van der Waals surface area (Å²) in [5.74, 6) is 0.775. The standard InChI is InChI=1S/C17H26N2O2/c1-2-7-17(18-13-14-8-4-3-5-9-14)15-10-6-11-16(12-15)19(20)21/h6,10-12,14,17-18H,2-5,7-9,13H2,1H3. The molecule has 116 valence electrons. The van der Waals surface area contributed by atoms with Crippen molar-refractivity contribution in [2.24, 2.45) is 5.92 Å². The van der Waals surface area contributed by atoms with Crippen molar-refractivity contribution in [3.63, 3.8) is 0 Å². The van der Waals surface area contributed by atoms with Crippen molar-refractivity contribution in [1.29, 1.82) is 0 Å². The van der Waals surface area contributed by atoms with Crippen LogP contribution in [0.3, 0.4) is 0 Å². The van der Waals surface area contributed by atoms with Gasteiger partial charge in [-0.05, 0) is 37.3 Å². The summed E-state index contributed by atoms with van der Waals surface area (Å²) in [6.07, 6.45) is 8.81. The number of nitrogens with zero attached hydrogens (tertiary/aromatic N) is 1. The summed E-state index contributed by atoms with van der Waals surface area (Å²) in [4.78, 5) is 10.6. The zero-order valence-electron chi connectivity index (χ0n) is 12.9. The zero-order valence-corrected chi connectivity index (χ0v) is 12.9. The van der Waals surface area contributed by atoms with E-state index in [4.69, 9.17) is 0 Å². The van der Waals surface area contributed by atoms with E-state index in [2.05, 4.69) is 12.2 Å². The van der Waals surface area contributed by atoms with Gasteiger partial charge in [0.2, 0.25) is 0 Å². The highest BCUT2D eigenvalue weighted by atomic mass is 16.6. The third kappa shape index (κ3) is 4.81. The first-order valence-corrected chi connectivity index (χ1v) is 8.18. The lowest BCUT2D eigenvalue weighted by molar-refractivity contribution is -0.384. The van der Waals surface area contributed by atoms with E-state index in [1.165, 1.54) is 32.1 Å². The molecule has 1 N–H and O–H groups in total. The summed E-state index contributed by atoms with van der Waals surface area (Å²) in [6.45, 7) is 3.19. The molecule has 1 aromatic carbocycles. The SMILES string of the molecule is CCCC(NCC1CCCCC1)c1cccc([N+](=O)[O-])c1. The normalized spacial score (nSPS) is 17.6. The number of nitro groups is 1. The lowest BCUT2D eigenvalue weighted by Crippen LogP contribution is -2.28. The molecule has 0 bridgehead atoms. The van der Waals surface area contributed by atoms with Crippen LogP contribution in [-0.2, 0) is 0 Å². The number of nitro benzene ring substituents is 1. The molecule has 1 atom stereocenters. The fourth-order valence-electron chi connectivity index (χ4n) is 3.23. The van der Waals surface area contributed by atoms with E-state index in [9.17, 15) is 10.1 Å². The Bertz CT molecular complexity index is 456. The van der Waals surface area contributed by atoms with Gasteiger partial charge in [-0.25, -0.2) is 0 Å². The Morgan fingerprint density at radius 2 is 2.10 bits per heavy atom. The van der Waals surface area contributed by atoms with Gasteiger partial charge in [-0.15, -0.1) is 0 Å². The fraction of sp³-hybridized carbons (Fsp3) is 0.647. The maximum absolute atomic E-state index is 10.9. The Kier molecular flexibility index (Phi) is 6.18. The maximum Gasteiger partial charge on any atom is 0.269 e. The van der Waals surface area contributed by atoms with Crippen LogP contribution in [0, 0.1) is 16.0 Å². The van der Waals surface area contributed by atoms with E-state index < -0.39 is 0 Å². The van der Waals surface area contributed by atoms with Gasteiger partial charge in [-0.2, -0.15) is 0 Å². The summed E-state index contributed by atoms with van der Waals surface area (Å²) in [5.41, 5.74) is 1.23. The molecule has 1 fully saturated rings. The molecule has 0 saturated heterocycles. The van der Waals surface area contributed by atoms with Crippen LogP contribution in [0.5, 0.6) is 0 Å². The first kappa shape index (κ1) is 16.0. The van der Waals surface area contributed by atoms with Crippen LogP contribution in [0.25, 0.3) is 0 Å². The van der Waals surface area contributed by atoms with Crippen LogP contribution in [-0.4, -0.2) is 11.5 Å². The minimum absolute atomic E-state index is 0.188. The molecule has 0 aliphatic heterocycles. The van der Waals surface area contributed by atoms with E-state index in [0.29, 0.717) is 0 Å². The molecule has 21 heavy (non-hydrogen) atoms. The predicted octanol–water partition coefficient (Wildman–Crippen LogP) is 4.61. The highest BCUT2D eigenvalue weighted by Crippen LogP contribution is 2.26. The van der Waals surface area contributed by atoms with Gasteiger partial charge < -0.3 is 5.32 Å². The van der Waals surface area contributed by atoms with Crippen molar-refractivity contribution in [2.75, 3.05) is 6.54 Å². The average molecular weight is 290 g/mol. The number of rotatable bonds is 7. The molecule has 4 nitrogen and oxygen atoms in total. The number of hydrogen-bond donors (Lipinski definition) is 1. The molecular weight excluding hydrogens is 264 g/mol. The monoisotopic (exact) mass is 290 g/mol. The molecule has 1 aromatic rings. The molecular formula is C17H26N2O2. The van der Waals surface area contributed by atoms with Gasteiger partial charge in [-0.3, -0.25) is 10.1 Å². The number of non-ortho nitro benzene ring substituents is 1. The molecule has 1 aliphatic carbocycles. The van der Waals surface area contributed by atoms with Gasteiger partial charge in [0.05, 0.1) is 4.92 Å². The molecule has 0 spiro atoms. The quantitative estimate of drug-likeness (QED) is 0.589. The number of benzene rings is 1. The van der Waals surface area contributed by atoms with Gasteiger partial charge in [0.15, 0.2) is 0 Å². The Balaban J connectivity index is 2.00. The molecule has 1 saturated carbocycles. The second-order valence-corrected chi connectivity index (χ2v) is 6.11. The highest BCUT2D eigenvalue weighted by molar-refractivity contribution is 5.35. The van der Waals surface area contributed by atoms with Gasteiger partial charge in [0.1, 0.15) is 0 Å². The molecule has 1 aliphatic rings. The number of nitrogens with one attached hydrogen (secondary N) is 1. The maximum atomic E-state index is 10.9. The molecule has 1 unspecified atom stereocenters. The van der Waals surface area contributed by atoms with E-state index in [1.807, 2.05) is 6.07 Å². The second kappa shape index (κ2) is 8.13. The lowest BCUT2D eigenvalue weighted by Gasteiger charge is -2.25. The van der Waals surface area contributed by atoms with Crippen LogP contribution >= 0.6 is 0 Å². The number of hydrogen-bond acceptors (Lipinski definition) is 3. The molecule has 4 heteroatoms. The van der Waals surface area contributed by atoms with Crippen LogP contribution in [0.1, 0.15) is 63.5 Å². The van der Waals surface area contributed by atoms with Crippen LogP contribution in [0.2, 0.25) is 0 Å². The van der Waals surface area contributed by atoms with Crippen molar-refractivity contribution in [3.05, 3.63) is 39.9 Å². The van der Waals surface area contributed by atoms with Crippen molar-refractivity contribution in [3.8, 4) is 0 Å². The average Bonchev–Trinajstić information content (AvgIpc) is 2.52. The third-order valence-electron chi connectivity index (χ3n) is 4.44. The minimum Gasteiger partial charge on any atom is -0.310 e. The largest absolute Gasteiger partial charge is 0.310 e. The highest BCUT2D eigenvalue weighted by Gasteiger charge is 2.17. The van der Waals surface area contributed by atoms with E-state index in [1.54, 1.807) is 18.2 Å². The Labute approximate surface area is 127 Å². The van der Waals surface area contributed by atoms with E-state index in [0.717, 1.165) is 30.9 Å². The van der Waals surface area contributed by atoms with Crippen molar-refractivity contribution < 1.29 is 4.92 Å². The smallest absolute Gasteiger partial charge is 0.269 e.